The molecule has 25 heavy (non-hydrogen) atoms. The number of methoxy groups -OCH3 is 1. The predicted octanol–water partition coefficient (Wildman–Crippen LogP) is 3.93. The zero-order valence-corrected chi connectivity index (χ0v) is 15.8. The summed E-state index contributed by atoms with van der Waals surface area (Å²) in [6, 6.07) is 7.53. The maximum absolute atomic E-state index is 11.5. The molecule has 1 aromatic rings. The number of carbonyl (C=O) groups excluding carboxylic acids is 2. The lowest BCUT2D eigenvalue weighted by Gasteiger charge is -2.19. The molecule has 1 aromatic carbocycles. The van der Waals surface area contributed by atoms with Crippen LogP contribution in [0.3, 0.4) is 0 Å². The van der Waals surface area contributed by atoms with Gasteiger partial charge < -0.3 is 14.2 Å². The minimum atomic E-state index is -0.463. The molecule has 0 saturated carbocycles. The van der Waals surface area contributed by atoms with Crippen molar-refractivity contribution in [2.45, 2.75) is 58.5 Å². The average Bonchev–Trinajstić information content (AvgIpc) is 2.55. The van der Waals surface area contributed by atoms with Crippen LogP contribution in [0.2, 0.25) is 0 Å². The van der Waals surface area contributed by atoms with Crippen LogP contribution in [0.15, 0.2) is 24.3 Å². The van der Waals surface area contributed by atoms with E-state index in [0.717, 1.165) is 32.1 Å². The van der Waals surface area contributed by atoms with Crippen LogP contribution in [0, 0.1) is 0 Å². The van der Waals surface area contributed by atoms with Crippen molar-refractivity contribution in [3.05, 3.63) is 35.4 Å². The van der Waals surface area contributed by atoms with E-state index in [-0.39, 0.29) is 18.5 Å². The standard InChI is InChI=1S/C20H30O5/c1-20(2,3)25-18(21)15-24-14-8-6-5-7-9-16-10-12-17(13-11-16)19(22)23-4/h10-13H,5-9,14-15H2,1-4H3. The van der Waals surface area contributed by atoms with Crippen molar-refractivity contribution in [2.75, 3.05) is 20.3 Å². The van der Waals surface area contributed by atoms with Gasteiger partial charge in [-0.05, 0) is 57.7 Å². The molecular weight excluding hydrogens is 320 g/mol. The van der Waals surface area contributed by atoms with Gasteiger partial charge in [0.15, 0.2) is 0 Å². The van der Waals surface area contributed by atoms with Gasteiger partial charge in [-0.15, -0.1) is 0 Å². The number of unbranched alkanes of at least 4 members (excludes halogenated alkanes) is 3. The van der Waals surface area contributed by atoms with Gasteiger partial charge in [0, 0.05) is 6.61 Å². The van der Waals surface area contributed by atoms with E-state index in [2.05, 4.69) is 4.74 Å². The predicted molar refractivity (Wildman–Crippen MR) is 96.6 cm³/mol. The van der Waals surface area contributed by atoms with Gasteiger partial charge in [0.25, 0.3) is 0 Å². The summed E-state index contributed by atoms with van der Waals surface area (Å²) in [5.74, 6) is -0.624. The van der Waals surface area contributed by atoms with E-state index in [0.29, 0.717) is 12.2 Å². The van der Waals surface area contributed by atoms with E-state index in [4.69, 9.17) is 9.47 Å². The zero-order valence-electron chi connectivity index (χ0n) is 15.8. The van der Waals surface area contributed by atoms with Crippen molar-refractivity contribution < 1.29 is 23.8 Å². The Balaban J connectivity index is 2.05. The highest BCUT2D eigenvalue weighted by molar-refractivity contribution is 5.89. The molecule has 0 spiro atoms. The first kappa shape index (κ1) is 21.2. The largest absolute Gasteiger partial charge is 0.465 e. The summed E-state index contributed by atoms with van der Waals surface area (Å²) in [5.41, 5.74) is 1.33. The SMILES string of the molecule is COC(=O)c1ccc(CCCCCCOCC(=O)OC(C)(C)C)cc1. The van der Waals surface area contributed by atoms with Gasteiger partial charge in [-0.2, -0.15) is 0 Å². The lowest BCUT2D eigenvalue weighted by atomic mass is 10.0. The van der Waals surface area contributed by atoms with Gasteiger partial charge in [0.2, 0.25) is 0 Å². The van der Waals surface area contributed by atoms with Gasteiger partial charge in [-0.25, -0.2) is 9.59 Å². The topological polar surface area (TPSA) is 61.8 Å². The van der Waals surface area contributed by atoms with Crippen molar-refractivity contribution in [2.24, 2.45) is 0 Å². The summed E-state index contributed by atoms with van der Waals surface area (Å²) < 4.78 is 15.2. The molecule has 0 aliphatic carbocycles. The Morgan fingerprint density at radius 2 is 1.60 bits per heavy atom. The van der Waals surface area contributed by atoms with Crippen LogP contribution in [0.5, 0.6) is 0 Å². The first-order chi connectivity index (χ1) is 11.8. The monoisotopic (exact) mass is 350 g/mol. The van der Waals surface area contributed by atoms with Gasteiger partial charge in [0.1, 0.15) is 12.2 Å². The minimum Gasteiger partial charge on any atom is -0.465 e. The van der Waals surface area contributed by atoms with E-state index >= 15 is 0 Å². The second kappa shape index (κ2) is 10.9. The van der Waals surface area contributed by atoms with Crippen molar-refractivity contribution in [3.8, 4) is 0 Å². The van der Waals surface area contributed by atoms with E-state index in [9.17, 15) is 9.59 Å². The number of rotatable bonds is 10. The molecule has 0 aliphatic heterocycles. The molecule has 0 aliphatic rings. The first-order valence-electron chi connectivity index (χ1n) is 8.78. The average molecular weight is 350 g/mol. The molecule has 5 nitrogen and oxygen atoms in total. The van der Waals surface area contributed by atoms with Crippen molar-refractivity contribution in [1.29, 1.82) is 0 Å². The number of hydrogen-bond acceptors (Lipinski definition) is 5. The van der Waals surface area contributed by atoms with Crippen molar-refractivity contribution >= 4 is 11.9 Å². The Morgan fingerprint density at radius 3 is 2.20 bits per heavy atom. The summed E-state index contributed by atoms with van der Waals surface area (Å²) in [6.45, 7) is 6.12. The highest BCUT2D eigenvalue weighted by Gasteiger charge is 2.15. The molecule has 0 heterocycles. The maximum atomic E-state index is 11.5. The fraction of sp³-hybridized carbons (Fsp3) is 0.600. The summed E-state index contributed by atoms with van der Waals surface area (Å²) in [6.07, 6.45) is 5.18. The maximum Gasteiger partial charge on any atom is 0.337 e. The number of aryl methyl sites for hydroxylation is 1. The number of hydrogen-bond donors (Lipinski definition) is 0. The van der Waals surface area contributed by atoms with Crippen molar-refractivity contribution in [1.82, 2.24) is 0 Å². The molecule has 1 rings (SSSR count). The number of ether oxygens (including phenoxy) is 3. The Hall–Kier alpha value is -1.88. The lowest BCUT2D eigenvalue weighted by molar-refractivity contribution is -0.160. The second-order valence-electron chi connectivity index (χ2n) is 6.99. The summed E-state index contributed by atoms with van der Waals surface area (Å²) in [4.78, 5) is 22.8. The Kier molecular flexibility index (Phi) is 9.21. The van der Waals surface area contributed by atoms with E-state index in [1.807, 2.05) is 32.9 Å². The van der Waals surface area contributed by atoms with E-state index < -0.39 is 5.60 Å². The highest BCUT2D eigenvalue weighted by Crippen LogP contribution is 2.11. The number of carbonyl (C=O) groups is 2. The molecular formula is C20H30O5. The summed E-state index contributed by atoms with van der Waals surface area (Å²) in [7, 11) is 1.38. The molecule has 0 aromatic heterocycles. The lowest BCUT2D eigenvalue weighted by Crippen LogP contribution is -2.26. The Labute approximate surface area is 150 Å². The molecule has 0 unspecified atom stereocenters. The number of esters is 2. The third-order valence-corrected chi connectivity index (χ3v) is 3.52. The van der Waals surface area contributed by atoms with Crippen LogP contribution >= 0.6 is 0 Å². The molecule has 5 heteroatoms. The minimum absolute atomic E-state index is 0.0177. The molecule has 0 saturated heterocycles. The highest BCUT2D eigenvalue weighted by atomic mass is 16.6. The van der Waals surface area contributed by atoms with Gasteiger partial charge in [-0.3, -0.25) is 0 Å². The van der Waals surface area contributed by atoms with Gasteiger partial charge in [-0.1, -0.05) is 25.0 Å². The second-order valence-corrected chi connectivity index (χ2v) is 6.99. The quantitative estimate of drug-likeness (QED) is 0.472. The van der Waals surface area contributed by atoms with Gasteiger partial charge >= 0.3 is 11.9 Å². The van der Waals surface area contributed by atoms with Crippen LogP contribution in [0.1, 0.15) is 62.4 Å². The fourth-order valence-corrected chi connectivity index (χ4v) is 2.34. The normalized spacial score (nSPS) is 11.2. The molecule has 0 radical (unpaired) electrons. The molecule has 0 amide bonds. The molecule has 140 valence electrons. The van der Waals surface area contributed by atoms with Gasteiger partial charge in [0.05, 0.1) is 12.7 Å². The fourth-order valence-electron chi connectivity index (χ4n) is 2.34. The van der Waals surface area contributed by atoms with E-state index in [1.165, 1.54) is 12.7 Å². The van der Waals surface area contributed by atoms with Crippen LogP contribution in [0.4, 0.5) is 0 Å². The first-order valence-corrected chi connectivity index (χ1v) is 8.78. The van der Waals surface area contributed by atoms with Crippen LogP contribution in [-0.2, 0) is 25.4 Å². The zero-order chi connectivity index (χ0) is 18.7. The number of benzene rings is 1. The third kappa shape index (κ3) is 9.87. The van der Waals surface area contributed by atoms with Crippen LogP contribution in [0.25, 0.3) is 0 Å². The Morgan fingerprint density at radius 1 is 0.960 bits per heavy atom. The van der Waals surface area contributed by atoms with Crippen LogP contribution in [-0.4, -0.2) is 37.9 Å². The molecule has 0 N–H and O–H groups in total. The molecule has 0 fully saturated rings. The van der Waals surface area contributed by atoms with E-state index in [1.54, 1.807) is 12.1 Å². The smallest absolute Gasteiger partial charge is 0.337 e. The molecule has 0 bridgehead atoms. The Bertz CT molecular complexity index is 528. The van der Waals surface area contributed by atoms with Crippen LogP contribution < -0.4 is 0 Å². The third-order valence-electron chi connectivity index (χ3n) is 3.52. The van der Waals surface area contributed by atoms with Crippen molar-refractivity contribution in [3.63, 3.8) is 0 Å². The summed E-state index contributed by atoms with van der Waals surface area (Å²) >= 11 is 0. The molecule has 0 atom stereocenters. The summed E-state index contributed by atoms with van der Waals surface area (Å²) in [5, 5.41) is 0.